The molecule has 0 aliphatic rings. The SMILES string of the molecule is Cc1ccc(C(=O)[C@H](C)Sc2nnc(Cc3ccccc3)o2)cc1. The fourth-order valence-electron chi connectivity index (χ4n) is 2.29. The van der Waals surface area contributed by atoms with Crippen LogP contribution in [0.15, 0.2) is 64.2 Å². The minimum Gasteiger partial charge on any atom is -0.416 e. The first kappa shape index (κ1) is 16.5. The van der Waals surface area contributed by atoms with Gasteiger partial charge in [-0.1, -0.05) is 71.9 Å². The number of carbonyl (C=O) groups excluding carboxylic acids is 1. The Kier molecular flexibility index (Phi) is 5.11. The molecule has 4 nitrogen and oxygen atoms in total. The van der Waals surface area contributed by atoms with Crippen LogP contribution in [0.5, 0.6) is 0 Å². The summed E-state index contributed by atoms with van der Waals surface area (Å²) in [5.74, 6) is 0.612. The van der Waals surface area contributed by atoms with Gasteiger partial charge in [-0.25, -0.2) is 0 Å². The van der Waals surface area contributed by atoms with Crippen molar-refractivity contribution < 1.29 is 9.21 Å². The minimum atomic E-state index is -0.280. The number of benzene rings is 2. The van der Waals surface area contributed by atoms with E-state index in [0.717, 1.165) is 11.1 Å². The largest absolute Gasteiger partial charge is 0.416 e. The number of ketones is 1. The number of carbonyl (C=O) groups is 1. The van der Waals surface area contributed by atoms with E-state index in [4.69, 9.17) is 4.42 Å². The van der Waals surface area contributed by atoms with Gasteiger partial charge in [0.15, 0.2) is 5.78 Å². The summed E-state index contributed by atoms with van der Waals surface area (Å²) in [5, 5.41) is 8.24. The molecule has 0 fully saturated rings. The molecule has 5 heteroatoms. The summed E-state index contributed by atoms with van der Waals surface area (Å²) in [6.07, 6.45) is 0.592. The summed E-state index contributed by atoms with van der Waals surface area (Å²) < 4.78 is 5.65. The molecule has 3 rings (SSSR count). The molecule has 0 bridgehead atoms. The van der Waals surface area contributed by atoms with Crippen LogP contribution in [0, 0.1) is 6.92 Å². The molecular formula is C19H18N2O2S. The maximum absolute atomic E-state index is 12.4. The number of aryl methyl sites for hydroxylation is 1. The molecule has 3 aromatic rings. The van der Waals surface area contributed by atoms with E-state index < -0.39 is 0 Å². The molecule has 0 radical (unpaired) electrons. The molecule has 0 unspecified atom stereocenters. The average Bonchev–Trinajstić information content (AvgIpc) is 3.02. The zero-order valence-electron chi connectivity index (χ0n) is 13.6. The van der Waals surface area contributed by atoms with Gasteiger partial charge in [0.2, 0.25) is 5.89 Å². The van der Waals surface area contributed by atoms with Crippen molar-refractivity contribution in [2.75, 3.05) is 0 Å². The van der Waals surface area contributed by atoms with Crippen LogP contribution in [0.2, 0.25) is 0 Å². The zero-order chi connectivity index (χ0) is 16.9. The minimum absolute atomic E-state index is 0.0582. The van der Waals surface area contributed by atoms with E-state index in [2.05, 4.69) is 10.2 Å². The zero-order valence-corrected chi connectivity index (χ0v) is 14.4. The van der Waals surface area contributed by atoms with Gasteiger partial charge in [-0.05, 0) is 19.4 Å². The van der Waals surface area contributed by atoms with Crippen LogP contribution in [0.25, 0.3) is 0 Å². The highest BCUT2D eigenvalue weighted by Gasteiger charge is 2.19. The quantitative estimate of drug-likeness (QED) is 0.494. The highest BCUT2D eigenvalue weighted by molar-refractivity contribution is 8.00. The number of hydrogen-bond donors (Lipinski definition) is 0. The standard InChI is InChI=1S/C19H18N2O2S/c1-13-8-10-16(11-9-13)18(22)14(2)24-19-21-20-17(23-19)12-15-6-4-3-5-7-15/h3-11,14H,12H2,1-2H3/t14-/m0/s1. The van der Waals surface area contributed by atoms with Gasteiger partial charge in [-0.2, -0.15) is 0 Å². The molecular weight excluding hydrogens is 320 g/mol. The van der Waals surface area contributed by atoms with Crippen molar-refractivity contribution in [2.45, 2.75) is 30.7 Å². The van der Waals surface area contributed by atoms with Crippen LogP contribution in [0.1, 0.15) is 34.3 Å². The van der Waals surface area contributed by atoms with Gasteiger partial charge in [0.25, 0.3) is 5.22 Å². The lowest BCUT2D eigenvalue weighted by Crippen LogP contribution is -2.13. The molecule has 1 aromatic heterocycles. The topological polar surface area (TPSA) is 56.0 Å². The van der Waals surface area contributed by atoms with Crippen molar-refractivity contribution in [2.24, 2.45) is 0 Å². The second kappa shape index (κ2) is 7.45. The van der Waals surface area contributed by atoms with Gasteiger partial charge in [0, 0.05) is 5.56 Å². The molecule has 2 aromatic carbocycles. The lowest BCUT2D eigenvalue weighted by molar-refractivity contribution is 0.0993. The van der Waals surface area contributed by atoms with E-state index in [1.165, 1.54) is 11.8 Å². The molecule has 0 saturated heterocycles. The predicted molar refractivity (Wildman–Crippen MR) is 94.4 cm³/mol. The number of Topliss-reactive ketones (excluding diaryl/α,β-unsaturated/α-hetero) is 1. The maximum atomic E-state index is 12.4. The monoisotopic (exact) mass is 338 g/mol. The summed E-state index contributed by atoms with van der Waals surface area (Å²) in [7, 11) is 0. The number of thioether (sulfide) groups is 1. The third-order valence-corrected chi connectivity index (χ3v) is 4.56. The summed E-state index contributed by atoms with van der Waals surface area (Å²) in [6.45, 7) is 3.85. The highest BCUT2D eigenvalue weighted by atomic mass is 32.2. The van der Waals surface area contributed by atoms with Crippen molar-refractivity contribution in [3.05, 3.63) is 77.2 Å². The Morgan fingerprint density at radius 1 is 1.08 bits per heavy atom. The molecule has 0 amide bonds. The van der Waals surface area contributed by atoms with Crippen molar-refractivity contribution in [1.82, 2.24) is 10.2 Å². The van der Waals surface area contributed by atoms with Crippen LogP contribution in [0.4, 0.5) is 0 Å². The lowest BCUT2D eigenvalue weighted by atomic mass is 10.1. The van der Waals surface area contributed by atoms with E-state index in [9.17, 15) is 4.79 Å². The first-order valence-corrected chi connectivity index (χ1v) is 8.63. The molecule has 0 aliphatic heterocycles. The Labute approximate surface area is 145 Å². The Morgan fingerprint density at radius 3 is 2.50 bits per heavy atom. The second-order valence-electron chi connectivity index (χ2n) is 5.61. The number of hydrogen-bond acceptors (Lipinski definition) is 5. The van der Waals surface area contributed by atoms with E-state index in [0.29, 0.717) is 23.1 Å². The van der Waals surface area contributed by atoms with Gasteiger partial charge < -0.3 is 4.42 Å². The van der Waals surface area contributed by atoms with Gasteiger partial charge in [-0.3, -0.25) is 4.79 Å². The van der Waals surface area contributed by atoms with Crippen LogP contribution in [-0.2, 0) is 6.42 Å². The number of aromatic nitrogens is 2. The first-order valence-electron chi connectivity index (χ1n) is 7.75. The average molecular weight is 338 g/mol. The molecule has 0 spiro atoms. The van der Waals surface area contributed by atoms with Crippen LogP contribution in [-0.4, -0.2) is 21.2 Å². The maximum Gasteiger partial charge on any atom is 0.277 e. The summed E-state index contributed by atoms with van der Waals surface area (Å²) in [5.41, 5.74) is 2.94. The molecule has 24 heavy (non-hydrogen) atoms. The summed E-state index contributed by atoms with van der Waals surface area (Å²) in [6, 6.07) is 17.5. The van der Waals surface area contributed by atoms with Crippen LogP contribution >= 0.6 is 11.8 Å². The van der Waals surface area contributed by atoms with Crippen molar-refractivity contribution in [3.63, 3.8) is 0 Å². The highest BCUT2D eigenvalue weighted by Crippen LogP contribution is 2.25. The second-order valence-corrected chi connectivity index (χ2v) is 6.91. The fraction of sp³-hybridized carbons (Fsp3) is 0.211. The fourth-order valence-corrected chi connectivity index (χ4v) is 3.06. The lowest BCUT2D eigenvalue weighted by Gasteiger charge is -2.07. The van der Waals surface area contributed by atoms with Gasteiger partial charge in [0.05, 0.1) is 11.7 Å². The Bertz CT molecular complexity index is 813. The van der Waals surface area contributed by atoms with E-state index in [1.54, 1.807) is 0 Å². The van der Waals surface area contributed by atoms with Crippen LogP contribution in [0.3, 0.4) is 0 Å². The summed E-state index contributed by atoms with van der Waals surface area (Å²) in [4.78, 5) is 12.4. The molecule has 0 saturated carbocycles. The Morgan fingerprint density at radius 2 is 1.79 bits per heavy atom. The van der Waals surface area contributed by atoms with Crippen molar-refractivity contribution >= 4 is 17.5 Å². The first-order chi connectivity index (χ1) is 11.6. The normalized spacial score (nSPS) is 12.1. The third kappa shape index (κ3) is 4.11. The molecule has 1 atom stereocenters. The third-order valence-electron chi connectivity index (χ3n) is 3.63. The number of rotatable bonds is 6. The Balaban J connectivity index is 1.63. The van der Waals surface area contributed by atoms with E-state index >= 15 is 0 Å². The van der Waals surface area contributed by atoms with Gasteiger partial charge in [0.1, 0.15) is 0 Å². The van der Waals surface area contributed by atoms with Crippen LogP contribution < -0.4 is 0 Å². The smallest absolute Gasteiger partial charge is 0.277 e. The van der Waals surface area contributed by atoms with Crippen molar-refractivity contribution in [3.8, 4) is 0 Å². The Hall–Kier alpha value is -2.40. The molecule has 122 valence electrons. The van der Waals surface area contributed by atoms with Gasteiger partial charge in [-0.15, -0.1) is 10.2 Å². The van der Waals surface area contributed by atoms with E-state index in [-0.39, 0.29) is 11.0 Å². The predicted octanol–water partition coefficient (Wildman–Crippen LogP) is 4.33. The van der Waals surface area contributed by atoms with Crippen molar-refractivity contribution in [1.29, 1.82) is 0 Å². The van der Waals surface area contributed by atoms with E-state index in [1.807, 2.05) is 68.4 Å². The summed E-state index contributed by atoms with van der Waals surface area (Å²) >= 11 is 1.29. The molecule has 1 heterocycles. The molecule has 0 N–H and O–H groups in total. The number of nitrogens with zero attached hydrogens (tertiary/aromatic N) is 2. The van der Waals surface area contributed by atoms with Gasteiger partial charge >= 0.3 is 0 Å². The molecule has 0 aliphatic carbocycles.